The summed E-state index contributed by atoms with van der Waals surface area (Å²) >= 11 is 0. The van der Waals surface area contributed by atoms with E-state index in [1.54, 1.807) is 0 Å². The van der Waals surface area contributed by atoms with Crippen molar-refractivity contribution in [2.45, 2.75) is 39.7 Å². The highest BCUT2D eigenvalue weighted by atomic mass is 28.3. The molecule has 0 saturated carbocycles. The van der Waals surface area contributed by atoms with Crippen LogP contribution >= 0.6 is 0 Å². The van der Waals surface area contributed by atoms with E-state index in [-0.39, 0.29) is 5.97 Å². The average molecular weight is 234 g/mol. The van der Waals surface area contributed by atoms with Gasteiger partial charge >= 0.3 is 15.3 Å². The molecule has 0 aliphatic heterocycles. The van der Waals surface area contributed by atoms with E-state index in [0.717, 1.165) is 6.42 Å². The Morgan fingerprint density at radius 3 is 2.20 bits per heavy atom. The molecule has 0 rings (SSSR count). The number of rotatable bonds is 8. The largest absolute Gasteiger partial charge is 0.466 e. The Kier molecular flexibility index (Phi) is 8.65. The Labute approximate surface area is 93.8 Å². The first kappa shape index (κ1) is 14.6. The van der Waals surface area contributed by atoms with Crippen molar-refractivity contribution in [1.82, 2.24) is 0 Å². The van der Waals surface area contributed by atoms with Crippen LogP contribution in [0.5, 0.6) is 0 Å². The number of esters is 1. The van der Waals surface area contributed by atoms with Crippen LogP contribution in [0.3, 0.4) is 0 Å². The lowest BCUT2D eigenvalue weighted by Crippen LogP contribution is -2.28. The summed E-state index contributed by atoms with van der Waals surface area (Å²) in [6.45, 7) is 9.29. The van der Waals surface area contributed by atoms with Gasteiger partial charge in [-0.05, 0) is 20.3 Å². The van der Waals surface area contributed by atoms with Gasteiger partial charge in [0.2, 0.25) is 0 Å². The zero-order valence-electron chi connectivity index (χ0n) is 10.1. The van der Waals surface area contributed by atoms with Crippen LogP contribution in [0.25, 0.3) is 0 Å². The van der Waals surface area contributed by atoms with Gasteiger partial charge in [-0.2, -0.15) is 0 Å². The van der Waals surface area contributed by atoms with Gasteiger partial charge in [0.25, 0.3) is 0 Å². The lowest BCUT2D eigenvalue weighted by atomic mass is 10.3. The molecule has 0 heterocycles. The van der Waals surface area contributed by atoms with Crippen molar-refractivity contribution in [3.63, 3.8) is 0 Å². The summed E-state index contributed by atoms with van der Waals surface area (Å²) in [4.78, 5) is 10.6. The van der Waals surface area contributed by atoms with Gasteiger partial charge in [0, 0.05) is 25.7 Å². The molecule has 0 aliphatic rings. The molecule has 0 saturated heterocycles. The Bertz CT molecular complexity index is 169. The molecule has 4 nitrogen and oxygen atoms in total. The van der Waals surface area contributed by atoms with Gasteiger partial charge in [-0.1, -0.05) is 6.92 Å². The highest BCUT2D eigenvalue weighted by Gasteiger charge is 2.21. The van der Waals surface area contributed by atoms with E-state index in [2.05, 4.69) is 6.92 Å². The van der Waals surface area contributed by atoms with Gasteiger partial charge in [-0.15, -0.1) is 0 Å². The third-order valence-corrected chi connectivity index (χ3v) is 4.59. The molecule has 0 amide bonds. The molecule has 1 atom stereocenters. The average Bonchev–Trinajstić information content (AvgIpc) is 2.16. The third-order valence-electron chi connectivity index (χ3n) is 2.00. The fourth-order valence-electron chi connectivity index (χ4n) is 1.23. The van der Waals surface area contributed by atoms with E-state index in [9.17, 15) is 4.79 Å². The van der Waals surface area contributed by atoms with Crippen LogP contribution in [-0.4, -0.2) is 35.1 Å². The maximum atomic E-state index is 10.6. The quantitative estimate of drug-likeness (QED) is 0.473. The van der Waals surface area contributed by atoms with Gasteiger partial charge < -0.3 is 13.6 Å². The number of hydrogen-bond donors (Lipinski definition) is 0. The molecule has 0 spiro atoms. The Morgan fingerprint density at radius 1 is 1.27 bits per heavy atom. The Morgan fingerprint density at radius 2 is 1.80 bits per heavy atom. The van der Waals surface area contributed by atoms with Crippen molar-refractivity contribution >= 4 is 15.3 Å². The molecule has 1 unspecified atom stereocenters. The molecule has 0 N–H and O–H groups in total. The van der Waals surface area contributed by atoms with Gasteiger partial charge in [-0.3, -0.25) is 4.79 Å². The topological polar surface area (TPSA) is 44.8 Å². The molecule has 15 heavy (non-hydrogen) atoms. The smallest absolute Gasteiger partial charge is 0.324 e. The predicted molar refractivity (Wildman–Crippen MR) is 61.1 cm³/mol. The van der Waals surface area contributed by atoms with Gasteiger partial charge in [0.1, 0.15) is 0 Å². The van der Waals surface area contributed by atoms with Crippen LogP contribution in [0.15, 0.2) is 0 Å². The molecule has 90 valence electrons. The van der Waals surface area contributed by atoms with Crippen LogP contribution in [0.2, 0.25) is 5.54 Å². The van der Waals surface area contributed by atoms with Crippen LogP contribution in [-0.2, 0) is 18.4 Å². The normalized spacial score (nSPS) is 12.9. The minimum Gasteiger partial charge on any atom is -0.466 e. The number of carbonyl (C=O) groups is 1. The van der Waals surface area contributed by atoms with E-state index >= 15 is 0 Å². The van der Waals surface area contributed by atoms with Crippen LogP contribution in [0.1, 0.15) is 34.1 Å². The monoisotopic (exact) mass is 234 g/mol. The molecule has 0 aromatic carbocycles. The lowest BCUT2D eigenvalue weighted by Gasteiger charge is -2.21. The van der Waals surface area contributed by atoms with Crippen molar-refractivity contribution in [3.05, 3.63) is 0 Å². The minimum atomic E-state index is -1.58. The molecular weight excluding hydrogens is 212 g/mol. The second kappa shape index (κ2) is 8.88. The summed E-state index contributed by atoms with van der Waals surface area (Å²) in [5.74, 6) is -0.228. The molecular formula is C10H22O4Si. The highest BCUT2D eigenvalue weighted by Crippen LogP contribution is 2.16. The van der Waals surface area contributed by atoms with Gasteiger partial charge in [0.05, 0.1) is 6.61 Å². The fourth-order valence-corrected chi connectivity index (χ4v) is 3.05. The lowest BCUT2D eigenvalue weighted by molar-refractivity contribution is -0.141. The number of carbonyl (C=O) groups excluding carboxylic acids is 1. The van der Waals surface area contributed by atoms with Crippen molar-refractivity contribution in [2.24, 2.45) is 0 Å². The maximum Gasteiger partial charge on any atom is 0.324 e. The van der Waals surface area contributed by atoms with Crippen molar-refractivity contribution in [3.8, 4) is 0 Å². The van der Waals surface area contributed by atoms with Crippen LogP contribution in [0, 0.1) is 0 Å². The standard InChI is InChI=1S/C10H22O4Si/c1-5-13-15(14-6-2)9(3)7-8-12-10(4)11/h9,15H,5-8H2,1-4H3. The number of ether oxygens (including phenoxy) is 1. The summed E-state index contributed by atoms with van der Waals surface area (Å²) in [7, 11) is -1.58. The van der Waals surface area contributed by atoms with Gasteiger partial charge in [-0.25, -0.2) is 0 Å². The molecule has 5 heteroatoms. The van der Waals surface area contributed by atoms with E-state index in [1.807, 2.05) is 13.8 Å². The summed E-state index contributed by atoms with van der Waals surface area (Å²) < 4.78 is 16.0. The first-order chi connectivity index (χ1) is 7.11. The van der Waals surface area contributed by atoms with E-state index in [1.165, 1.54) is 6.92 Å². The first-order valence-electron chi connectivity index (χ1n) is 5.48. The summed E-state index contributed by atoms with van der Waals surface area (Å²) in [6.07, 6.45) is 0.816. The van der Waals surface area contributed by atoms with Crippen molar-refractivity contribution in [1.29, 1.82) is 0 Å². The summed E-state index contributed by atoms with van der Waals surface area (Å²) in [5, 5.41) is 0. The molecule has 0 aromatic rings. The summed E-state index contributed by atoms with van der Waals surface area (Å²) in [5.41, 5.74) is 0.365. The van der Waals surface area contributed by atoms with E-state index < -0.39 is 9.28 Å². The molecule has 0 fully saturated rings. The first-order valence-corrected chi connectivity index (χ1v) is 7.09. The SMILES string of the molecule is CCO[SiH](OCC)C(C)CCOC(C)=O. The molecule has 0 radical (unpaired) electrons. The van der Waals surface area contributed by atoms with Gasteiger partial charge in [0.15, 0.2) is 0 Å². The summed E-state index contributed by atoms with van der Waals surface area (Å²) in [6, 6.07) is 0. The molecule has 0 aromatic heterocycles. The highest BCUT2D eigenvalue weighted by molar-refractivity contribution is 6.46. The number of hydrogen-bond acceptors (Lipinski definition) is 4. The zero-order valence-corrected chi connectivity index (χ0v) is 11.3. The molecule has 0 bridgehead atoms. The van der Waals surface area contributed by atoms with Crippen molar-refractivity contribution < 1.29 is 18.4 Å². The minimum absolute atomic E-state index is 0.228. The van der Waals surface area contributed by atoms with Crippen molar-refractivity contribution in [2.75, 3.05) is 19.8 Å². The second-order valence-corrected chi connectivity index (χ2v) is 5.93. The fraction of sp³-hybridized carbons (Fsp3) is 0.900. The molecule has 0 aliphatic carbocycles. The zero-order chi connectivity index (χ0) is 11.7. The van der Waals surface area contributed by atoms with Crippen LogP contribution in [0.4, 0.5) is 0 Å². The van der Waals surface area contributed by atoms with Crippen LogP contribution < -0.4 is 0 Å². The van der Waals surface area contributed by atoms with E-state index in [0.29, 0.717) is 25.4 Å². The third kappa shape index (κ3) is 7.53. The second-order valence-electron chi connectivity index (χ2n) is 3.39. The Balaban J connectivity index is 3.79. The predicted octanol–water partition coefficient (Wildman–Crippen LogP) is 1.62. The maximum absolute atomic E-state index is 10.6. The van der Waals surface area contributed by atoms with E-state index in [4.69, 9.17) is 13.6 Å². The Hall–Kier alpha value is -0.393.